The third kappa shape index (κ3) is 8.84. The average Bonchev–Trinajstić information content (AvgIpc) is 3.48. The minimum atomic E-state index is 0. The van der Waals surface area contributed by atoms with Crippen molar-refractivity contribution in [3.8, 4) is 11.1 Å². The first kappa shape index (κ1) is 33.9. The normalized spacial score (nSPS) is 14.3. The molecule has 0 N–H and O–H groups in total. The summed E-state index contributed by atoms with van der Waals surface area (Å²) in [5.74, 6) is 0.468. The summed E-state index contributed by atoms with van der Waals surface area (Å²) in [6, 6.07) is 37.4. The monoisotopic (exact) mass is 640 g/mol. The molecule has 4 aromatic carbocycles. The molecular formula is C37H36Cl2Zr-2. The van der Waals surface area contributed by atoms with E-state index in [0.29, 0.717) is 5.92 Å². The quantitative estimate of drug-likeness (QED) is 0.260. The molecule has 0 aliphatic heterocycles. The van der Waals surface area contributed by atoms with Crippen LogP contribution < -0.4 is 24.8 Å². The van der Waals surface area contributed by atoms with Gasteiger partial charge in [0.2, 0.25) is 0 Å². The Bertz CT molecular complexity index is 1400. The zero-order valence-electron chi connectivity index (χ0n) is 23.9. The predicted molar refractivity (Wildman–Crippen MR) is 160 cm³/mol. The second-order valence-electron chi connectivity index (χ2n) is 10.9. The Morgan fingerprint density at radius 3 is 2.02 bits per heavy atom. The minimum Gasteiger partial charge on any atom is -1.00 e. The number of hydrogen-bond donors (Lipinski definition) is 0. The van der Waals surface area contributed by atoms with Gasteiger partial charge in [0.15, 0.2) is 0 Å². The standard InChI is InChI=1S/C13H9.C13H13.C11H14.2ClH.Zr/c1-3-7-12-10(5-1)9-11-6-2-4-8-13(11)12;1-10-8-11(2)13(9-10)12-6-4-3-5-7-12;1-9-5-7-10(8-6-9)11(2,3)4;;;/h1-5,7-8H,9H2;3-7,9-10H,1-2H3;1,5-8H,2-4H3;2*1H;/q2*-1;;;;+2/p-2. The summed E-state index contributed by atoms with van der Waals surface area (Å²) >= 11 is 1.46. The smallest absolute Gasteiger partial charge is 0.0253 e. The van der Waals surface area contributed by atoms with Gasteiger partial charge in [-0.3, -0.25) is 6.08 Å². The molecular weight excluding hydrogens is 607 g/mol. The first-order valence-corrected chi connectivity index (χ1v) is 14.7. The van der Waals surface area contributed by atoms with Crippen LogP contribution in [0.4, 0.5) is 0 Å². The van der Waals surface area contributed by atoms with Crippen LogP contribution in [0, 0.1) is 18.1 Å². The fraction of sp³-hybridized carbons (Fsp3) is 0.216. The van der Waals surface area contributed by atoms with E-state index in [4.69, 9.17) is 0 Å². The summed E-state index contributed by atoms with van der Waals surface area (Å²) in [4.78, 5) is 0. The van der Waals surface area contributed by atoms with E-state index in [1.54, 1.807) is 0 Å². The molecule has 0 spiro atoms. The molecule has 0 radical (unpaired) electrons. The van der Waals surface area contributed by atoms with Crippen molar-refractivity contribution in [3.63, 3.8) is 0 Å². The van der Waals surface area contributed by atoms with E-state index in [1.807, 2.05) is 12.1 Å². The Morgan fingerprint density at radius 2 is 1.43 bits per heavy atom. The molecule has 0 bridgehead atoms. The van der Waals surface area contributed by atoms with Gasteiger partial charge < -0.3 is 24.8 Å². The van der Waals surface area contributed by atoms with Gasteiger partial charge in [0.25, 0.3) is 0 Å². The molecule has 204 valence electrons. The first-order valence-electron chi connectivity index (χ1n) is 13.3. The van der Waals surface area contributed by atoms with Gasteiger partial charge in [0.1, 0.15) is 0 Å². The van der Waals surface area contributed by atoms with Gasteiger partial charge in [-0.15, -0.1) is 11.1 Å². The molecule has 2 aliphatic carbocycles. The number of allylic oxidation sites excluding steroid dienone is 4. The van der Waals surface area contributed by atoms with Gasteiger partial charge in [0, 0.05) is 0 Å². The van der Waals surface area contributed by atoms with E-state index in [0.717, 1.165) is 6.42 Å². The maximum atomic E-state index is 3.39. The summed E-state index contributed by atoms with van der Waals surface area (Å²) in [5, 5.41) is 0. The molecule has 40 heavy (non-hydrogen) atoms. The molecule has 2 aliphatic rings. The third-order valence-electron chi connectivity index (χ3n) is 6.91. The topological polar surface area (TPSA) is 0 Å². The number of rotatable bonds is 2. The van der Waals surface area contributed by atoms with E-state index < -0.39 is 0 Å². The van der Waals surface area contributed by atoms with Crippen molar-refractivity contribution in [2.45, 2.75) is 46.5 Å². The van der Waals surface area contributed by atoms with E-state index in [2.05, 4.69) is 141 Å². The molecule has 0 heterocycles. The van der Waals surface area contributed by atoms with Crippen molar-refractivity contribution in [3.05, 3.63) is 149 Å². The van der Waals surface area contributed by atoms with Crippen LogP contribution in [-0.4, -0.2) is 3.71 Å². The van der Waals surface area contributed by atoms with Gasteiger partial charge in [-0.1, -0.05) is 85.5 Å². The van der Waals surface area contributed by atoms with Gasteiger partial charge in [-0.2, -0.15) is 41.5 Å². The van der Waals surface area contributed by atoms with Crippen molar-refractivity contribution in [2.75, 3.05) is 0 Å². The van der Waals surface area contributed by atoms with Crippen molar-refractivity contribution < 1.29 is 49.0 Å². The van der Waals surface area contributed by atoms with Crippen LogP contribution >= 0.6 is 0 Å². The van der Waals surface area contributed by atoms with Crippen LogP contribution in [0.25, 0.3) is 16.7 Å². The van der Waals surface area contributed by atoms with Crippen LogP contribution in [0.3, 0.4) is 0 Å². The number of halogens is 2. The zero-order valence-corrected chi connectivity index (χ0v) is 27.9. The number of fused-ring (bicyclic) bond motifs is 3. The Balaban J connectivity index is 0.000000205. The molecule has 0 aromatic heterocycles. The molecule has 0 fully saturated rings. The fourth-order valence-electron chi connectivity index (χ4n) is 4.84. The Morgan fingerprint density at radius 1 is 0.800 bits per heavy atom. The molecule has 1 unspecified atom stereocenters. The predicted octanol–water partition coefficient (Wildman–Crippen LogP) is 3.22. The summed E-state index contributed by atoms with van der Waals surface area (Å²) in [6.45, 7) is 11.0. The van der Waals surface area contributed by atoms with Crippen LogP contribution in [-0.2, 0) is 36.1 Å². The number of hydrogen-bond acceptors (Lipinski definition) is 0. The molecule has 4 aromatic rings. The van der Waals surface area contributed by atoms with Crippen molar-refractivity contribution in [1.82, 2.24) is 0 Å². The van der Waals surface area contributed by atoms with Crippen molar-refractivity contribution in [2.24, 2.45) is 5.92 Å². The first-order chi connectivity index (χ1) is 18.3. The Labute approximate surface area is 268 Å². The molecule has 3 heteroatoms. The molecule has 6 rings (SSSR count). The third-order valence-corrected chi connectivity index (χ3v) is 7.73. The van der Waals surface area contributed by atoms with E-state index in [-0.39, 0.29) is 30.2 Å². The van der Waals surface area contributed by atoms with E-state index >= 15 is 0 Å². The largest absolute Gasteiger partial charge is 1.00 e. The minimum absolute atomic E-state index is 0. The zero-order chi connectivity index (χ0) is 27.1. The Kier molecular flexibility index (Phi) is 13.2. The summed E-state index contributed by atoms with van der Waals surface area (Å²) in [5.41, 5.74) is 12.4. The van der Waals surface area contributed by atoms with E-state index in [1.165, 1.54) is 74.3 Å². The van der Waals surface area contributed by atoms with Crippen LogP contribution in [0.15, 0.2) is 109 Å². The second-order valence-corrected chi connectivity index (χ2v) is 11.6. The van der Waals surface area contributed by atoms with Crippen LogP contribution in [0.2, 0.25) is 0 Å². The van der Waals surface area contributed by atoms with Gasteiger partial charge >= 0.3 is 89.5 Å². The van der Waals surface area contributed by atoms with Gasteiger partial charge in [0.05, 0.1) is 0 Å². The maximum Gasteiger partial charge on any atom is -0.0253 e. The van der Waals surface area contributed by atoms with Crippen LogP contribution in [0.5, 0.6) is 0 Å². The molecule has 0 amide bonds. The van der Waals surface area contributed by atoms with Crippen molar-refractivity contribution in [1.29, 1.82) is 0 Å². The molecule has 0 saturated heterocycles. The number of benzene rings is 4. The molecule has 1 atom stereocenters. The summed E-state index contributed by atoms with van der Waals surface area (Å²) in [6.07, 6.45) is 6.71. The molecule has 0 nitrogen and oxygen atoms in total. The van der Waals surface area contributed by atoms with Crippen molar-refractivity contribution >= 4 is 9.28 Å². The fourth-order valence-corrected chi connectivity index (χ4v) is 5.32. The van der Waals surface area contributed by atoms with Gasteiger partial charge in [-0.05, 0) is 6.42 Å². The average molecular weight is 643 g/mol. The Hall–Kier alpha value is -2.31. The summed E-state index contributed by atoms with van der Waals surface area (Å²) in [7, 11) is 0. The maximum absolute atomic E-state index is 3.39. The molecule has 0 saturated carbocycles. The summed E-state index contributed by atoms with van der Waals surface area (Å²) < 4.78 is 2.21. The van der Waals surface area contributed by atoms with Gasteiger partial charge in [-0.25, -0.2) is 5.57 Å². The second kappa shape index (κ2) is 15.6. The van der Waals surface area contributed by atoms with E-state index in [9.17, 15) is 0 Å². The van der Waals surface area contributed by atoms with Crippen LogP contribution in [0.1, 0.15) is 62.4 Å². The SMILES string of the molecule is CC(C)(C)c1ccc([CH]=[Zr+2])cc1.CC1=[C-]C(C)C=C1c1ccccc1.[Cl-].[Cl-].[c-]1cccc2c1Cc1ccccc1-2.